The first-order valence-electron chi connectivity index (χ1n) is 22.5. The van der Waals surface area contributed by atoms with Gasteiger partial charge in [-0.2, -0.15) is 29.7 Å². The summed E-state index contributed by atoms with van der Waals surface area (Å²) in [6.07, 6.45) is 12.5. The van der Waals surface area contributed by atoms with Gasteiger partial charge in [0, 0.05) is 43.1 Å². The second-order valence-electron chi connectivity index (χ2n) is 16.0. The topological polar surface area (TPSA) is 214 Å². The number of nitrogens with one attached hydrogen (secondary N) is 2. The van der Waals surface area contributed by atoms with E-state index in [0.717, 1.165) is 57.6 Å². The van der Waals surface area contributed by atoms with Crippen LogP contribution in [0.5, 0.6) is 0 Å². The fourth-order valence-electron chi connectivity index (χ4n) is 7.33. The quantitative estimate of drug-likeness (QED) is 0.0200. The van der Waals surface area contributed by atoms with E-state index >= 15 is 0 Å². The third-order valence-corrected chi connectivity index (χ3v) is 13.8. The molecule has 5 heterocycles. The Morgan fingerprint density at radius 1 is 0.986 bits per heavy atom. The van der Waals surface area contributed by atoms with Crippen molar-refractivity contribution in [2.24, 2.45) is 5.73 Å². The molecule has 0 saturated heterocycles. The number of aromatic carboxylic acids is 1. The van der Waals surface area contributed by atoms with Gasteiger partial charge < -0.3 is 43.0 Å². The Kier molecular flexibility index (Phi) is 24.0. The van der Waals surface area contributed by atoms with Crippen molar-refractivity contribution in [3.8, 4) is 11.4 Å². The number of aromatic nitrogens is 2. The average Bonchev–Trinajstić information content (AvgIpc) is 4.06. The van der Waals surface area contributed by atoms with Crippen LogP contribution in [0.4, 0.5) is 24.5 Å². The number of carbonyl (C=O) groups is 2. The van der Waals surface area contributed by atoms with Crippen molar-refractivity contribution >= 4 is 103 Å². The van der Waals surface area contributed by atoms with Crippen LogP contribution in [-0.4, -0.2) is 61.4 Å². The summed E-state index contributed by atoms with van der Waals surface area (Å²) in [6, 6.07) is 21.6. The summed E-state index contributed by atoms with van der Waals surface area (Å²) in [6.45, 7) is 4.07. The van der Waals surface area contributed by atoms with E-state index in [1.54, 1.807) is 42.3 Å². The van der Waals surface area contributed by atoms with Crippen LogP contribution in [0.15, 0.2) is 144 Å². The predicted molar refractivity (Wildman–Crippen MR) is 296 cm³/mol. The number of anilines is 2. The van der Waals surface area contributed by atoms with Crippen LogP contribution in [0.1, 0.15) is 78.0 Å². The number of benzene rings is 2. The van der Waals surface area contributed by atoms with Crippen molar-refractivity contribution in [2.45, 2.75) is 70.0 Å². The molecule has 12 nitrogen and oxygen atoms in total. The number of thiocarbonyl (C=S) groups is 1. The van der Waals surface area contributed by atoms with Gasteiger partial charge in [-0.3, -0.25) is 4.98 Å². The molecule has 2 unspecified atom stereocenters. The van der Waals surface area contributed by atoms with E-state index in [1.165, 1.54) is 48.2 Å². The average molecular weight is 1190 g/mol. The number of alkyl halides is 3. The number of nitrogens with zero attached hydrogens (tertiary/aromatic N) is 5. The number of aliphatic carboxylic acids is 1. The maximum atomic E-state index is 12.6. The summed E-state index contributed by atoms with van der Waals surface area (Å²) in [7, 11) is 0. The number of allylic oxidation sites excluding steroid dienone is 3. The third-order valence-electron chi connectivity index (χ3n) is 11.0. The summed E-state index contributed by atoms with van der Waals surface area (Å²) in [5.74, 6) is -2.41. The minimum absolute atomic E-state index is 0. The van der Waals surface area contributed by atoms with Gasteiger partial charge in [0.1, 0.15) is 6.04 Å². The Hall–Kier alpha value is -5.88. The van der Waals surface area contributed by atoms with E-state index in [4.69, 9.17) is 45.8 Å². The van der Waals surface area contributed by atoms with Gasteiger partial charge in [0.25, 0.3) is 0 Å². The zero-order valence-electron chi connectivity index (χ0n) is 39.7. The number of unbranched alkanes of at least 4 members (excludes halogenated alkanes) is 3. The fourth-order valence-corrected chi connectivity index (χ4v) is 9.84. The molecule has 386 valence electrons. The minimum atomic E-state index is -4.56. The number of pyridine rings is 2. The first kappa shape index (κ1) is 60.7. The van der Waals surface area contributed by atoms with E-state index in [2.05, 4.69) is 51.5 Å². The van der Waals surface area contributed by atoms with Gasteiger partial charge in [0.2, 0.25) is 0 Å². The van der Waals surface area contributed by atoms with Crippen molar-refractivity contribution in [2.75, 3.05) is 11.4 Å². The number of rotatable bonds is 17. The van der Waals surface area contributed by atoms with E-state index < -0.39 is 24.2 Å². The van der Waals surface area contributed by atoms with Crippen molar-refractivity contribution in [1.82, 2.24) is 9.97 Å². The van der Waals surface area contributed by atoms with Crippen LogP contribution in [0.3, 0.4) is 0 Å². The number of carboxylic acids is 2. The van der Waals surface area contributed by atoms with Crippen LogP contribution in [0.25, 0.3) is 49.8 Å². The number of thiophene rings is 1. The second-order valence-corrected chi connectivity index (χ2v) is 19.2. The fraction of sp³-hybridized carbons (Fsp3) is 0.226. The van der Waals surface area contributed by atoms with E-state index in [9.17, 15) is 33.0 Å². The Morgan fingerprint density at radius 2 is 1.64 bits per heavy atom. The number of halogens is 5. The van der Waals surface area contributed by atoms with Gasteiger partial charge in [-0.05, 0) is 127 Å². The van der Waals surface area contributed by atoms with Crippen LogP contribution in [-0.2, 0) is 30.7 Å². The summed E-state index contributed by atoms with van der Waals surface area (Å²) in [5, 5.41) is 35.0. The van der Waals surface area contributed by atoms with Gasteiger partial charge in [0.05, 0.1) is 27.9 Å². The molecule has 2 aliphatic rings. The molecule has 2 aromatic carbocycles. The molecule has 0 bridgehead atoms. The Morgan fingerprint density at radius 3 is 2.22 bits per heavy atom. The maximum absolute atomic E-state index is 12.6. The number of hydrogen-bond donors (Lipinski definition) is 3. The first-order valence-corrected chi connectivity index (χ1v) is 25.5. The zero-order valence-corrected chi connectivity index (χ0v) is 45.4. The Balaban J connectivity index is 0.000000337. The number of isothiocyanates is 1. The Labute approximate surface area is 464 Å². The third kappa shape index (κ3) is 17.4. The van der Waals surface area contributed by atoms with Crippen molar-refractivity contribution < 1.29 is 52.5 Å². The van der Waals surface area contributed by atoms with Gasteiger partial charge in [-0.1, -0.05) is 98.1 Å². The van der Waals surface area contributed by atoms with E-state index in [-0.39, 0.29) is 64.5 Å². The van der Waals surface area contributed by atoms with E-state index in [1.807, 2.05) is 72.1 Å². The molecule has 74 heavy (non-hydrogen) atoms. The van der Waals surface area contributed by atoms with Gasteiger partial charge >= 0.3 is 37.6 Å². The predicted octanol–water partition coefficient (Wildman–Crippen LogP) is 16.2. The van der Waals surface area contributed by atoms with E-state index in [0.29, 0.717) is 28.4 Å². The first-order chi connectivity index (χ1) is 34.9. The van der Waals surface area contributed by atoms with Gasteiger partial charge in [-0.25, -0.2) is 14.6 Å². The molecule has 2 atom stereocenters. The molecule has 5 aromatic rings. The molecule has 0 radical (unpaired) electrons. The number of thioether (sulfide) groups is 1. The Bertz CT molecular complexity index is 2930. The summed E-state index contributed by atoms with van der Waals surface area (Å²) < 4.78 is 37.8. The molecule has 6 N–H and O–H groups in total. The van der Waals surface area contributed by atoms with Crippen LogP contribution < -0.4 is 10.6 Å². The molecular weight excluding hydrogens is 1140 g/mol. The van der Waals surface area contributed by atoms with Crippen molar-refractivity contribution in [3.05, 3.63) is 203 Å². The standard InChI is InChI=1S/C33H25Cl2N4O4S.C19H24F3N3S.CNS.Ru/c1-2-19(32(40)41)15-26(36)27-17-21(33(42)43)18-29(38-27)28-16-20(13-14-37-28)30-11-12-31(44-30)39(24-7-3-22(34)4-8-24)25-9-5-23(35)6-10-25;1-2-3-4-5-6-13-8-10-26-18(13)14-7-9-25-16(11-14)15(23)12-17(24)19(20,21)22;2-1-3;/h2-11,13-18,31,36H,12H2,1H3,(H,40,41)(H,42,43);7-8,10-12,17,23H,2-6,9,24H2,1H3;;/q-1;-2;-1;+4/b19-2+,26-15-;15-12-;;. The molecule has 3 aromatic heterocycles. The second kappa shape index (κ2) is 29.3. The monoisotopic (exact) mass is 1190 g/mol. The molecule has 0 saturated carbocycles. The SMILES string of the molecule is C/C=C(\C=C(/[NH-])c1cc(C(=O)O)cc(-c2cc(C3=CCC(N(c4ccc(Cl)cc4)c4ccc(Cl)cc4)S3)ccn2)n1)C(=O)O.CCCCCCc1ccsc1C1=CC[N-]C(/C([NH-])=C/C(N)C(F)(F)F)=C1.[N-]=C=S.[Ru+4]. The molecule has 7 rings (SSSR count). The normalized spacial score (nSPS) is 15.0. The summed E-state index contributed by atoms with van der Waals surface area (Å²) >= 11 is 19.3. The molecule has 2 aliphatic heterocycles. The van der Waals surface area contributed by atoms with Gasteiger partial charge in [-0.15, -0.1) is 35.3 Å². The molecule has 0 spiro atoms. The zero-order chi connectivity index (χ0) is 53.2. The minimum Gasteiger partial charge on any atom is -0.753 e. The maximum Gasteiger partial charge on any atom is 4.00 e. The van der Waals surface area contributed by atoms with Crippen molar-refractivity contribution in [1.29, 1.82) is 0 Å². The molecule has 0 amide bonds. The van der Waals surface area contributed by atoms with Crippen LogP contribution >= 0.6 is 58.5 Å². The largest absolute Gasteiger partial charge is 4.00 e. The molecule has 0 fully saturated rings. The van der Waals surface area contributed by atoms with Crippen LogP contribution in [0.2, 0.25) is 10.0 Å². The number of hydrogen-bond acceptors (Lipinski definition) is 9. The molecular formula is C53H49Cl2F3N8O4RuS3. The molecule has 0 aliphatic carbocycles. The summed E-state index contributed by atoms with van der Waals surface area (Å²) in [5.41, 5.74) is 26.6. The smallest absolute Gasteiger partial charge is 0.753 e. The van der Waals surface area contributed by atoms with Gasteiger partial charge in [0.15, 0.2) is 0 Å². The number of nitrogens with two attached hydrogens (primary N) is 1. The van der Waals surface area contributed by atoms with Crippen LogP contribution in [0, 0.1) is 0 Å². The summed E-state index contributed by atoms with van der Waals surface area (Å²) in [4.78, 5) is 36.6. The molecule has 21 heteroatoms. The number of carboxylic acid groups (broad SMARTS) is 2. The van der Waals surface area contributed by atoms with Crippen molar-refractivity contribution in [3.63, 3.8) is 0 Å². The number of aryl methyl sites for hydroxylation is 1.